The van der Waals surface area contributed by atoms with Crippen molar-refractivity contribution in [2.45, 2.75) is 32.0 Å². The number of thioether (sulfide) groups is 1. The molecule has 0 spiro atoms. The number of amides is 3. The Hall–Kier alpha value is -2.10. The lowest BCUT2D eigenvalue weighted by Crippen LogP contribution is -2.41. The maximum Gasteiger partial charge on any atom is 0.321 e. The molecule has 0 saturated carbocycles. The number of urea groups is 1. The second-order valence-electron chi connectivity index (χ2n) is 6.78. The molecule has 0 unspecified atom stereocenters. The molecule has 1 aromatic carbocycles. The third-order valence-corrected chi connectivity index (χ3v) is 5.20. The summed E-state index contributed by atoms with van der Waals surface area (Å²) >= 11 is 7.13. The summed E-state index contributed by atoms with van der Waals surface area (Å²) in [6, 6.07) is 4.34. The molecule has 0 aliphatic carbocycles. The molecule has 2 N–H and O–H groups in total. The first kappa shape index (κ1) is 23.2. The summed E-state index contributed by atoms with van der Waals surface area (Å²) in [7, 11) is 1.52. The lowest BCUT2D eigenvalue weighted by molar-refractivity contribution is -0.117. The van der Waals surface area contributed by atoms with Gasteiger partial charge in [0.25, 0.3) is 5.56 Å². The number of nitrogens with zero attached hydrogens (tertiary/aromatic N) is 2. The van der Waals surface area contributed by atoms with Gasteiger partial charge in [0, 0.05) is 25.2 Å². The fraction of sp³-hybridized carbons (Fsp3) is 0.474. The zero-order valence-electron chi connectivity index (χ0n) is 16.7. The van der Waals surface area contributed by atoms with Gasteiger partial charge in [-0.3, -0.25) is 19.5 Å². The van der Waals surface area contributed by atoms with Crippen LogP contribution in [0.5, 0.6) is 0 Å². The van der Waals surface area contributed by atoms with Crippen molar-refractivity contribution in [1.29, 1.82) is 0 Å². The van der Waals surface area contributed by atoms with Crippen molar-refractivity contribution < 1.29 is 14.3 Å². The van der Waals surface area contributed by atoms with Crippen LogP contribution in [0.2, 0.25) is 5.02 Å². The molecular formula is C19H25ClN4O4S. The molecule has 2 aromatic rings. The van der Waals surface area contributed by atoms with E-state index in [-0.39, 0.29) is 11.3 Å². The summed E-state index contributed by atoms with van der Waals surface area (Å²) in [5.74, 6) is -0.140. The molecule has 0 aliphatic rings. The van der Waals surface area contributed by atoms with Gasteiger partial charge in [-0.1, -0.05) is 37.2 Å². The van der Waals surface area contributed by atoms with Crippen molar-refractivity contribution in [3.05, 3.63) is 33.6 Å². The summed E-state index contributed by atoms with van der Waals surface area (Å²) in [5, 5.41) is 6.11. The highest BCUT2D eigenvalue weighted by Gasteiger charge is 2.15. The standard InChI is InChI=1S/C19H25ClN4O4S/c1-12(2)6-8-24-17(26)14-5-4-13(20)10-15(14)22-19(24)29-11-16(25)23-18(27)21-7-9-28-3/h4-5,10,12H,6-9,11H2,1-3H3,(H2,21,23,25,27). The maximum atomic E-state index is 12.9. The molecule has 0 fully saturated rings. The monoisotopic (exact) mass is 440 g/mol. The molecule has 29 heavy (non-hydrogen) atoms. The first-order valence-corrected chi connectivity index (χ1v) is 10.6. The van der Waals surface area contributed by atoms with Gasteiger partial charge in [0.1, 0.15) is 0 Å². The van der Waals surface area contributed by atoms with Crippen molar-refractivity contribution in [2.24, 2.45) is 5.92 Å². The molecule has 10 heteroatoms. The fourth-order valence-electron chi connectivity index (χ4n) is 2.47. The third-order valence-electron chi connectivity index (χ3n) is 3.99. The van der Waals surface area contributed by atoms with Gasteiger partial charge in [0.15, 0.2) is 5.16 Å². The highest BCUT2D eigenvalue weighted by atomic mass is 35.5. The van der Waals surface area contributed by atoms with Crippen LogP contribution in [0.15, 0.2) is 28.2 Å². The van der Waals surface area contributed by atoms with Crippen LogP contribution < -0.4 is 16.2 Å². The van der Waals surface area contributed by atoms with Crippen molar-refractivity contribution in [3.63, 3.8) is 0 Å². The van der Waals surface area contributed by atoms with Crippen molar-refractivity contribution in [2.75, 3.05) is 26.0 Å². The number of benzene rings is 1. The van der Waals surface area contributed by atoms with E-state index in [1.54, 1.807) is 22.8 Å². The number of carbonyl (C=O) groups excluding carboxylic acids is 2. The normalized spacial score (nSPS) is 11.1. The number of ether oxygens (including phenoxy) is 1. The van der Waals surface area contributed by atoms with E-state index >= 15 is 0 Å². The van der Waals surface area contributed by atoms with Crippen LogP contribution >= 0.6 is 23.4 Å². The molecule has 0 radical (unpaired) electrons. The number of methoxy groups -OCH3 is 1. The molecule has 1 heterocycles. The van der Waals surface area contributed by atoms with Gasteiger partial charge in [0.05, 0.1) is 23.3 Å². The van der Waals surface area contributed by atoms with Crippen molar-refractivity contribution >= 4 is 46.2 Å². The number of aromatic nitrogens is 2. The Balaban J connectivity index is 2.17. The minimum absolute atomic E-state index is 0.0577. The van der Waals surface area contributed by atoms with Crippen molar-refractivity contribution in [3.8, 4) is 0 Å². The summed E-state index contributed by atoms with van der Waals surface area (Å²) in [6.45, 7) is 5.28. The van der Waals surface area contributed by atoms with E-state index in [0.717, 1.165) is 18.2 Å². The van der Waals surface area contributed by atoms with Gasteiger partial charge in [-0.15, -0.1) is 0 Å². The van der Waals surface area contributed by atoms with E-state index in [0.29, 0.717) is 46.7 Å². The van der Waals surface area contributed by atoms with Crippen LogP contribution in [0.4, 0.5) is 4.79 Å². The molecule has 158 valence electrons. The Morgan fingerprint density at radius 1 is 1.34 bits per heavy atom. The second-order valence-corrected chi connectivity index (χ2v) is 8.16. The number of nitrogens with one attached hydrogen (secondary N) is 2. The number of rotatable bonds is 9. The predicted molar refractivity (Wildman–Crippen MR) is 115 cm³/mol. The average molecular weight is 441 g/mol. The molecule has 3 amide bonds. The summed E-state index contributed by atoms with van der Waals surface area (Å²) < 4.78 is 6.40. The third kappa shape index (κ3) is 7.02. The number of carbonyl (C=O) groups is 2. The highest BCUT2D eigenvalue weighted by molar-refractivity contribution is 7.99. The first-order valence-electron chi connectivity index (χ1n) is 9.21. The fourth-order valence-corrected chi connectivity index (χ4v) is 3.46. The number of imide groups is 1. The average Bonchev–Trinajstić information content (AvgIpc) is 2.65. The Bertz CT molecular complexity index is 932. The predicted octanol–water partition coefficient (Wildman–Crippen LogP) is 2.66. The van der Waals surface area contributed by atoms with Crippen LogP contribution in [0.3, 0.4) is 0 Å². The second kappa shape index (κ2) is 11.2. The van der Waals surface area contributed by atoms with Crippen LogP contribution in [0.25, 0.3) is 10.9 Å². The Morgan fingerprint density at radius 3 is 2.79 bits per heavy atom. The smallest absolute Gasteiger partial charge is 0.321 e. The summed E-state index contributed by atoms with van der Waals surface area (Å²) in [6.07, 6.45) is 0.794. The lowest BCUT2D eigenvalue weighted by atomic mass is 10.1. The Kier molecular flexibility index (Phi) is 8.94. The van der Waals surface area contributed by atoms with Crippen molar-refractivity contribution in [1.82, 2.24) is 20.2 Å². The maximum absolute atomic E-state index is 12.9. The topological polar surface area (TPSA) is 102 Å². The Labute approximate surface area is 178 Å². The largest absolute Gasteiger partial charge is 0.383 e. The number of fused-ring (bicyclic) bond motifs is 1. The van der Waals surface area contributed by atoms with E-state index < -0.39 is 11.9 Å². The van der Waals surface area contributed by atoms with E-state index in [9.17, 15) is 14.4 Å². The molecular weight excluding hydrogens is 416 g/mol. The first-order chi connectivity index (χ1) is 13.8. The minimum Gasteiger partial charge on any atom is -0.383 e. The number of hydrogen-bond acceptors (Lipinski definition) is 6. The quantitative estimate of drug-likeness (QED) is 0.353. The van der Waals surface area contributed by atoms with Crippen LogP contribution in [-0.2, 0) is 16.1 Å². The summed E-state index contributed by atoms with van der Waals surface area (Å²) in [4.78, 5) is 41.2. The van der Waals surface area contributed by atoms with Gasteiger partial charge in [-0.25, -0.2) is 9.78 Å². The van der Waals surface area contributed by atoms with Crippen LogP contribution in [0, 0.1) is 5.92 Å². The highest BCUT2D eigenvalue weighted by Crippen LogP contribution is 2.21. The van der Waals surface area contributed by atoms with Gasteiger partial charge < -0.3 is 10.1 Å². The molecule has 0 atom stereocenters. The lowest BCUT2D eigenvalue weighted by Gasteiger charge is -2.14. The van der Waals surface area contributed by atoms with E-state index in [1.165, 1.54) is 7.11 Å². The summed E-state index contributed by atoms with van der Waals surface area (Å²) in [5.41, 5.74) is 0.302. The van der Waals surface area contributed by atoms with Gasteiger partial charge in [-0.05, 0) is 30.5 Å². The number of halogens is 1. The van der Waals surface area contributed by atoms with Crippen LogP contribution in [-0.4, -0.2) is 47.5 Å². The van der Waals surface area contributed by atoms with E-state index in [1.807, 2.05) is 0 Å². The molecule has 2 rings (SSSR count). The molecule has 1 aromatic heterocycles. The van der Waals surface area contributed by atoms with Crippen LogP contribution in [0.1, 0.15) is 20.3 Å². The van der Waals surface area contributed by atoms with E-state index in [2.05, 4.69) is 29.5 Å². The van der Waals surface area contributed by atoms with Gasteiger partial charge in [-0.2, -0.15) is 0 Å². The zero-order valence-corrected chi connectivity index (χ0v) is 18.2. The van der Waals surface area contributed by atoms with Gasteiger partial charge >= 0.3 is 6.03 Å². The molecule has 0 bridgehead atoms. The Morgan fingerprint density at radius 2 is 2.10 bits per heavy atom. The minimum atomic E-state index is -0.594. The van der Waals surface area contributed by atoms with Gasteiger partial charge in [0.2, 0.25) is 5.91 Å². The molecule has 8 nitrogen and oxygen atoms in total. The SMILES string of the molecule is COCCNC(=O)NC(=O)CSc1nc2cc(Cl)ccc2c(=O)n1CCC(C)C. The van der Waals surface area contributed by atoms with E-state index in [4.69, 9.17) is 16.3 Å². The molecule has 0 aliphatic heterocycles. The number of hydrogen-bond donors (Lipinski definition) is 2. The zero-order chi connectivity index (χ0) is 21.4. The molecule has 0 saturated heterocycles.